The van der Waals surface area contributed by atoms with E-state index in [2.05, 4.69) is 16.0 Å². The van der Waals surface area contributed by atoms with Gasteiger partial charge in [-0.1, -0.05) is 40.7 Å². The highest BCUT2D eigenvalue weighted by molar-refractivity contribution is 6.05. The van der Waals surface area contributed by atoms with Crippen molar-refractivity contribution in [1.82, 2.24) is 0 Å². The van der Waals surface area contributed by atoms with Crippen molar-refractivity contribution in [2.75, 3.05) is 16.0 Å². The summed E-state index contributed by atoms with van der Waals surface area (Å²) in [7, 11) is 0. The lowest BCUT2D eigenvalue weighted by Crippen LogP contribution is -2.27. The number of hydrogen-bond donors (Lipinski definition) is 3. The molecule has 6 heteroatoms. The SMILES string of the molecule is CC(C)C(=O)Nc1ccc(NC(=O)c2cccc(NC(=O)C(C)(C)C)c2)cc1. The molecule has 148 valence electrons. The molecule has 2 aromatic rings. The molecule has 0 spiro atoms. The second-order valence-corrected chi connectivity index (χ2v) is 7.96. The third-order valence-electron chi connectivity index (χ3n) is 4.00. The predicted octanol–water partition coefficient (Wildman–Crippen LogP) is 4.52. The minimum absolute atomic E-state index is 0.0640. The van der Waals surface area contributed by atoms with Gasteiger partial charge in [0.1, 0.15) is 0 Å². The van der Waals surface area contributed by atoms with Crippen LogP contribution >= 0.6 is 0 Å². The Morgan fingerprint density at radius 1 is 0.786 bits per heavy atom. The number of nitrogens with one attached hydrogen (secondary N) is 3. The minimum Gasteiger partial charge on any atom is -0.326 e. The molecule has 0 aliphatic heterocycles. The zero-order valence-corrected chi connectivity index (χ0v) is 16.9. The topological polar surface area (TPSA) is 87.3 Å². The van der Waals surface area contributed by atoms with Gasteiger partial charge in [0.25, 0.3) is 5.91 Å². The number of amides is 3. The third kappa shape index (κ3) is 5.94. The van der Waals surface area contributed by atoms with Crippen LogP contribution in [0, 0.1) is 11.3 Å². The van der Waals surface area contributed by atoms with E-state index in [0.717, 1.165) is 0 Å². The van der Waals surface area contributed by atoms with E-state index < -0.39 is 5.41 Å². The Morgan fingerprint density at radius 2 is 1.36 bits per heavy atom. The molecule has 0 bridgehead atoms. The Labute approximate surface area is 165 Å². The molecular weight excluding hydrogens is 354 g/mol. The highest BCUT2D eigenvalue weighted by Crippen LogP contribution is 2.19. The molecule has 0 saturated carbocycles. The van der Waals surface area contributed by atoms with E-state index in [4.69, 9.17) is 0 Å². The van der Waals surface area contributed by atoms with Crippen LogP contribution < -0.4 is 16.0 Å². The first-order chi connectivity index (χ1) is 13.1. The van der Waals surface area contributed by atoms with Crippen LogP contribution in [-0.2, 0) is 9.59 Å². The quantitative estimate of drug-likeness (QED) is 0.712. The van der Waals surface area contributed by atoms with Crippen LogP contribution in [0.25, 0.3) is 0 Å². The molecule has 2 rings (SSSR count). The maximum Gasteiger partial charge on any atom is 0.255 e. The average Bonchev–Trinajstić information content (AvgIpc) is 2.62. The highest BCUT2D eigenvalue weighted by Gasteiger charge is 2.21. The molecule has 0 aliphatic rings. The molecule has 0 heterocycles. The Balaban J connectivity index is 2.04. The lowest BCUT2D eigenvalue weighted by atomic mass is 9.95. The van der Waals surface area contributed by atoms with Gasteiger partial charge in [-0.2, -0.15) is 0 Å². The van der Waals surface area contributed by atoms with E-state index in [9.17, 15) is 14.4 Å². The van der Waals surface area contributed by atoms with Crippen LogP contribution in [0.2, 0.25) is 0 Å². The van der Waals surface area contributed by atoms with E-state index >= 15 is 0 Å². The summed E-state index contributed by atoms with van der Waals surface area (Å²) in [6.45, 7) is 9.12. The van der Waals surface area contributed by atoms with Crippen LogP contribution in [0.5, 0.6) is 0 Å². The first-order valence-electron chi connectivity index (χ1n) is 9.20. The van der Waals surface area contributed by atoms with Gasteiger partial charge in [-0.3, -0.25) is 14.4 Å². The van der Waals surface area contributed by atoms with Gasteiger partial charge in [-0.15, -0.1) is 0 Å². The van der Waals surface area contributed by atoms with Crippen LogP contribution in [0.4, 0.5) is 17.1 Å². The fraction of sp³-hybridized carbons (Fsp3) is 0.318. The van der Waals surface area contributed by atoms with Crippen molar-refractivity contribution < 1.29 is 14.4 Å². The summed E-state index contributed by atoms with van der Waals surface area (Å²) < 4.78 is 0. The molecule has 0 aromatic heterocycles. The number of hydrogen-bond acceptors (Lipinski definition) is 3. The van der Waals surface area contributed by atoms with Gasteiger partial charge in [0, 0.05) is 34.0 Å². The summed E-state index contributed by atoms with van der Waals surface area (Å²) in [4.78, 5) is 36.3. The van der Waals surface area contributed by atoms with Crippen molar-refractivity contribution in [2.45, 2.75) is 34.6 Å². The van der Waals surface area contributed by atoms with Crippen molar-refractivity contribution >= 4 is 34.8 Å². The zero-order chi connectivity index (χ0) is 20.9. The number of benzene rings is 2. The summed E-state index contributed by atoms with van der Waals surface area (Å²) in [5, 5.41) is 8.42. The van der Waals surface area contributed by atoms with E-state index in [1.807, 2.05) is 34.6 Å². The summed E-state index contributed by atoms with van der Waals surface area (Å²) in [5.41, 5.74) is 1.76. The second-order valence-electron chi connectivity index (χ2n) is 7.96. The molecule has 0 atom stereocenters. The van der Waals surface area contributed by atoms with Crippen molar-refractivity contribution in [3.8, 4) is 0 Å². The van der Waals surface area contributed by atoms with Crippen molar-refractivity contribution in [3.63, 3.8) is 0 Å². The molecule has 0 radical (unpaired) electrons. The normalized spacial score (nSPS) is 11.1. The Bertz CT molecular complexity index is 865. The summed E-state index contributed by atoms with van der Waals surface area (Å²) in [5.74, 6) is -0.578. The maximum atomic E-state index is 12.5. The van der Waals surface area contributed by atoms with E-state index in [1.54, 1.807) is 48.5 Å². The van der Waals surface area contributed by atoms with Crippen LogP contribution in [0.3, 0.4) is 0 Å². The van der Waals surface area contributed by atoms with Gasteiger partial charge in [-0.25, -0.2) is 0 Å². The molecule has 6 nitrogen and oxygen atoms in total. The molecule has 0 unspecified atom stereocenters. The Morgan fingerprint density at radius 3 is 1.89 bits per heavy atom. The number of anilines is 3. The van der Waals surface area contributed by atoms with Crippen LogP contribution in [0.1, 0.15) is 45.0 Å². The first-order valence-corrected chi connectivity index (χ1v) is 9.20. The molecule has 3 amide bonds. The molecular formula is C22H27N3O3. The zero-order valence-electron chi connectivity index (χ0n) is 16.9. The maximum absolute atomic E-state index is 12.5. The highest BCUT2D eigenvalue weighted by atomic mass is 16.2. The largest absolute Gasteiger partial charge is 0.326 e. The van der Waals surface area contributed by atoms with Crippen molar-refractivity contribution in [3.05, 3.63) is 54.1 Å². The van der Waals surface area contributed by atoms with Gasteiger partial charge in [0.2, 0.25) is 11.8 Å². The summed E-state index contributed by atoms with van der Waals surface area (Å²) >= 11 is 0. The second kappa shape index (κ2) is 8.69. The fourth-order valence-corrected chi connectivity index (χ4v) is 2.18. The van der Waals surface area contributed by atoms with Gasteiger partial charge in [0.05, 0.1) is 0 Å². The Hall–Kier alpha value is -3.15. The Kier molecular flexibility index (Phi) is 6.57. The van der Waals surface area contributed by atoms with Crippen LogP contribution in [-0.4, -0.2) is 17.7 Å². The van der Waals surface area contributed by atoms with Crippen LogP contribution in [0.15, 0.2) is 48.5 Å². The summed E-state index contributed by atoms with van der Waals surface area (Å²) in [6, 6.07) is 13.7. The standard InChI is InChI=1S/C22H27N3O3/c1-14(2)19(26)23-16-9-11-17(12-10-16)24-20(27)15-7-6-8-18(13-15)25-21(28)22(3,4)5/h6-14H,1-5H3,(H,23,26)(H,24,27)(H,25,28). The van der Waals surface area contributed by atoms with Crippen molar-refractivity contribution in [1.29, 1.82) is 0 Å². The minimum atomic E-state index is -0.523. The predicted molar refractivity (Wildman–Crippen MR) is 112 cm³/mol. The van der Waals surface area contributed by atoms with E-state index in [0.29, 0.717) is 22.6 Å². The molecule has 0 aliphatic carbocycles. The number of rotatable bonds is 5. The molecule has 0 fully saturated rings. The van der Waals surface area contributed by atoms with Gasteiger partial charge < -0.3 is 16.0 Å². The van der Waals surface area contributed by atoms with Gasteiger partial charge >= 0.3 is 0 Å². The third-order valence-corrected chi connectivity index (χ3v) is 4.00. The first kappa shape index (κ1) is 21.2. The number of carbonyl (C=O) groups excluding carboxylic acids is 3. The summed E-state index contributed by atoms with van der Waals surface area (Å²) in [6.07, 6.45) is 0. The fourth-order valence-electron chi connectivity index (χ4n) is 2.18. The molecule has 2 aromatic carbocycles. The lowest BCUT2D eigenvalue weighted by Gasteiger charge is -2.18. The average molecular weight is 381 g/mol. The van der Waals surface area contributed by atoms with E-state index in [1.165, 1.54) is 0 Å². The van der Waals surface area contributed by atoms with Crippen molar-refractivity contribution in [2.24, 2.45) is 11.3 Å². The van der Waals surface area contributed by atoms with E-state index in [-0.39, 0.29) is 23.6 Å². The lowest BCUT2D eigenvalue weighted by molar-refractivity contribution is -0.123. The van der Waals surface area contributed by atoms with Gasteiger partial charge in [0.15, 0.2) is 0 Å². The smallest absolute Gasteiger partial charge is 0.255 e. The molecule has 3 N–H and O–H groups in total. The molecule has 0 saturated heterocycles. The van der Waals surface area contributed by atoms with Gasteiger partial charge in [-0.05, 0) is 42.5 Å². The molecule has 28 heavy (non-hydrogen) atoms. The monoisotopic (exact) mass is 381 g/mol. The number of carbonyl (C=O) groups is 3.